The molecule has 0 saturated heterocycles. The molecule has 1 heterocycles. The zero-order valence-corrected chi connectivity index (χ0v) is 14.8. The van der Waals surface area contributed by atoms with Crippen molar-refractivity contribution in [3.8, 4) is 0 Å². The summed E-state index contributed by atoms with van der Waals surface area (Å²) >= 11 is 5.82. The number of anilines is 1. The van der Waals surface area contributed by atoms with Gasteiger partial charge in [-0.2, -0.15) is 0 Å². The maximum absolute atomic E-state index is 5.74. The third-order valence-corrected chi connectivity index (χ3v) is 4.03. The van der Waals surface area contributed by atoms with E-state index in [9.17, 15) is 0 Å². The zero-order valence-electron chi connectivity index (χ0n) is 9.69. The molecule has 0 unspecified atom stereocenters. The standard InChI is InChI=1S/C11H14N2S.I2/c1-5-6(2)8(4)10-9(7(5)3)13-11(12)14-10;1-2/h1-4H3,(H2,12,13);. The Morgan fingerprint density at radius 2 is 1.44 bits per heavy atom. The van der Waals surface area contributed by atoms with E-state index in [1.54, 1.807) is 11.3 Å². The Bertz CT molecular complexity index is 475. The van der Waals surface area contributed by atoms with Gasteiger partial charge in [0.05, 0.1) is 10.2 Å². The Labute approximate surface area is 123 Å². The number of nitrogens with two attached hydrogens (primary N) is 1. The number of halogens is 2. The average Bonchev–Trinajstić information content (AvgIpc) is 2.68. The van der Waals surface area contributed by atoms with Crippen LogP contribution in [-0.2, 0) is 0 Å². The van der Waals surface area contributed by atoms with Crippen molar-refractivity contribution < 1.29 is 0 Å². The summed E-state index contributed by atoms with van der Waals surface area (Å²) in [4.78, 5) is 4.37. The minimum atomic E-state index is 0.663. The Balaban J connectivity index is 0.000000606. The first kappa shape index (κ1) is 14.4. The van der Waals surface area contributed by atoms with E-state index in [2.05, 4.69) is 69.9 Å². The van der Waals surface area contributed by atoms with Crippen molar-refractivity contribution in [2.45, 2.75) is 27.7 Å². The lowest BCUT2D eigenvalue weighted by Gasteiger charge is -2.08. The highest BCUT2D eigenvalue weighted by Crippen LogP contribution is 2.33. The summed E-state index contributed by atoms with van der Waals surface area (Å²) in [6.07, 6.45) is 0. The van der Waals surface area contributed by atoms with Crippen molar-refractivity contribution in [1.82, 2.24) is 4.98 Å². The topological polar surface area (TPSA) is 38.9 Å². The van der Waals surface area contributed by atoms with Gasteiger partial charge in [-0.3, -0.25) is 0 Å². The van der Waals surface area contributed by atoms with Crippen LogP contribution in [0.2, 0.25) is 0 Å². The number of hydrogen-bond donors (Lipinski definition) is 1. The molecule has 0 atom stereocenters. The molecule has 5 heteroatoms. The maximum atomic E-state index is 5.74. The van der Waals surface area contributed by atoms with E-state index in [-0.39, 0.29) is 0 Å². The van der Waals surface area contributed by atoms with E-state index >= 15 is 0 Å². The summed E-state index contributed by atoms with van der Waals surface area (Å²) < 4.78 is 1.24. The fraction of sp³-hybridized carbons (Fsp3) is 0.364. The monoisotopic (exact) mass is 460 g/mol. The minimum absolute atomic E-state index is 0.663. The van der Waals surface area contributed by atoms with Crippen LogP contribution in [0.3, 0.4) is 0 Å². The summed E-state index contributed by atoms with van der Waals surface area (Å²) in [7, 11) is 0. The molecule has 88 valence electrons. The van der Waals surface area contributed by atoms with Crippen LogP contribution in [0.4, 0.5) is 5.13 Å². The second-order valence-corrected chi connectivity index (χ2v) is 4.76. The number of fused-ring (bicyclic) bond motifs is 1. The van der Waals surface area contributed by atoms with Crippen LogP contribution in [0.5, 0.6) is 0 Å². The molecule has 2 nitrogen and oxygen atoms in total. The SMILES string of the molecule is Cc1c(C)c(C)c2sc(N)nc2c1C.II. The van der Waals surface area contributed by atoms with Crippen LogP contribution >= 0.6 is 48.6 Å². The molecule has 0 radical (unpaired) electrons. The maximum Gasteiger partial charge on any atom is 0.181 e. The molecule has 16 heavy (non-hydrogen) atoms. The molecule has 2 N–H and O–H groups in total. The molecule has 0 aliphatic carbocycles. The van der Waals surface area contributed by atoms with Crippen molar-refractivity contribution >= 4 is 63.9 Å². The molecular formula is C11H14I2N2S. The van der Waals surface area contributed by atoms with E-state index in [4.69, 9.17) is 5.73 Å². The highest BCUT2D eigenvalue weighted by Gasteiger charge is 2.12. The van der Waals surface area contributed by atoms with Crippen LogP contribution < -0.4 is 5.73 Å². The van der Waals surface area contributed by atoms with Crippen LogP contribution in [0.15, 0.2) is 0 Å². The van der Waals surface area contributed by atoms with E-state index in [0.717, 1.165) is 5.52 Å². The summed E-state index contributed by atoms with van der Waals surface area (Å²) in [5, 5.41) is 0.663. The quantitative estimate of drug-likeness (QED) is 0.570. The third-order valence-electron chi connectivity index (χ3n) is 3.03. The van der Waals surface area contributed by atoms with Gasteiger partial charge in [0, 0.05) is 37.2 Å². The first-order valence-electron chi connectivity index (χ1n) is 4.79. The van der Waals surface area contributed by atoms with Crippen molar-refractivity contribution in [2.75, 3.05) is 5.73 Å². The molecule has 0 amide bonds. The molecule has 2 aromatic rings. The van der Waals surface area contributed by atoms with Gasteiger partial charge in [-0.1, -0.05) is 11.3 Å². The van der Waals surface area contributed by atoms with Gasteiger partial charge in [-0.05, 0) is 49.9 Å². The van der Waals surface area contributed by atoms with E-state index in [1.165, 1.54) is 27.0 Å². The molecule has 0 bridgehead atoms. The molecule has 0 fully saturated rings. The second kappa shape index (κ2) is 5.81. The summed E-state index contributed by atoms with van der Waals surface area (Å²) in [6.45, 7) is 8.56. The Kier molecular flexibility index (Phi) is 5.24. The summed E-state index contributed by atoms with van der Waals surface area (Å²) in [5.41, 5.74) is 12.1. The van der Waals surface area contributed by atoms with Crippen molar-refractivity contribution in [3.63, 3.8) is 0 Å². The van der Waals surface area contributed by atoms with Gasteiger partial charge in [-0.25, -0.2) is 4.98 Å². The predicted octanol–water partition coefficient (Wildman–Crippen LogP) is 4.88. The number of aromatic nitrogens is 1. The van der Waals surface area contributed by atoms with Crippen molar-refractivity contribution in [3.05, 3.63) is 22.3 Å². The lowest BCUT2D eigenvalue weighted by atomic mass is 9.99. The molecular weight excluding hydrogens is 446 g/mol. The first-order chi connectivity index (χ1) is 7.52. The van der Waals surface area contributed by atoms with Crippen LogP contribution in [0.1, 0.15) is 22.3 Å². The highest BCUT2D eigenvalue weighted by atomic mass is 128. The van der Waals surface area contributed by atoms with Gasteiger partial charge < -0.3 is 5.73 Å². The third kappa shape index (κ3) is 2.45. The largest absolute Gasteiger partial charge is 0.375 e. The lowest BCUT2D eigenvalue weighted by molar-refractivity contribution is 1.24. The lowest BCUT2D eigenvalue weighted by Crippen LogP contribution is -1.92. The number of benzene rings is 1. The van der Waals surface area contributed by atoms with Gasteiger partial charge in [0.1, 0.15) is 0 Å². The molecule has 0 spiro atoms. The normalized spacial score (nSPS) is 10.1. The summed E-state index contributed by atoms with van der Waals surface area (Å²) in [5.74, 6) is 0. The van der Waals surface area contributed by atoms with Crippen molar-refractivity contribution in [2.24, 2.45) is 0 Å². The highest BCUT2D eigenvalue weighted by molar-refractivity contribution is 15.0. The number of nitrogens with zero attached hydrogens (tertiary/aromatic N) is 1. The molecule has 1 aromatic carbocycles. The number of hydrogen-bond acceptors (Lipinski definition) is 3. The number of aryl methyl sites for hydroxylation is 2. The number of rotatable bonds is 0. The van der Waals surface area contributed by atoms with E-state index in [0.29, 0.717) is 5.13 Å². The van der Waals surface area contributed by atoms with Crippen molar-refractivity contribution in [1.29, 1.82) is 0 Å². The van der Waals surface area contributed by atoms with Crippen LogP contribution in [0.25, 0.3) is 10.2 Å². The van der Waals surface area contributed by atoms with Gasteiger partial charge in [-0.15, -0.1) is 0 Å². The molecule has 0 aliphatic heterocycles. The average molecular weight is 460 g/mol. The van der Waals surface area contributed by atoms with E-state index < -0.39 is 0 Å². The van der Waals surface area contributed by atoms with Crippen LogP contribution in [-0.4, -0.2) is 4.98 Å². The minimum Gasteiger partial charge on any atom is -0.375 e. The number of nitrogen functional groups attached to an aromatic ring is 1. The fourth-order valence-corrected chi connectivity index (χ4v) is 2.70. The fourth-order valence-electron chi connectivity index (χ4n) is 1.76. The van der Waals surface area contributed by atoms with Gasteiger partial charge in [0.2, 0.25) is 0 Å². The van der Waals surface area contributed by atoms with E-state index in [1.807, 2.05) is 0 Å². The Morgan fingerprint density at radius 3 is 2.00 bits per heavy atom. The molecule has 2 rings (SSSR count). The summed E-state index contributed by atoms with van der Waals surface area (Å²) in [6, 6.07) is 0. The Hall–Kier alpha value is 0.370. The molecule has 1 aromatic heterocycles. The smallest absolute Gasteiger partial charge is 0.181 e. The predicted molar refractivity (Wildman–Crippen MR) is 91.0 cm³/mol. The van der Waals surface area contributed by atoms with Crippen LogP contribution in [0, 0.1) is 27.7 Å². The molecule has 0 saturated carbocycles. The first-order valence-corrected chi connectivity index (χ1v) is 11.9. The zero-order chi connectivity index (χ0) is 12.5. The Morgan fingerprint density at radius 1 is 0.938 bits per heavy atom. The second-order valence-electron chi connectivity index (χ2n) is 3.73. The molecule has 0 aliphatic rings. The van der Waals surface area contributed by atoms with Gasteiger partial charge in [0.15, 0.2) is 5.13 Å². The number of thiazole rings is 1. The van der Waals surface area contributed by atoms with Gasteiger partial charge in [0.25, 0.3) is 0 Å². The van der Waals surface area contributed by atoms with Gasteiger partial charge >= 0.3 is 0 Å².